The third-order valence-corrected chi connectivity index (χ3v) is 4.52. The zero-order valence-corrected chi connectivity index (χ0v) is 11.2. The van der Waals surface area contributed by atoms with Gasteiger partial charge in [-0.05, 0) is 31.4 Å². The topological polar surface area (TPSA) is 26.0 Å². The van der Waals surface area contributed by atoms with Crippen molar-refractivity contribution in [2.24, 2.45) is 5.73 Å². The summed E-state index contributed by atoms with van der Waals surface area (Å²) < 4.78 is 1.18. The summed E-state index contributed by atoms with van der Waals surface area (Å²) in [6.45, 7) is 6.63. The second kappa shape index (κ2) is 3.33. The minimum absolute atomic E-state index is 0.00329. The van der Waals surface area contributed by atoms with Crippen LogP contribution in [0.2, 0.25) is 0 Å². The van der Waals surface area contributed by atoms with Crippen LogP contribution in [0.3, 0.4) is 0 Å². The molecule has 0 saturated heterocycles. The molecule has 82 valence electrons. The van der Waals surface area contributed by atoms with Gasteiger partial charge in [-0.25, -0.2) is 0 Å². The first-order valence-corrected chi connectivity index (χ1v) is 6.22. The van der Waals surface area contributed by atoms with Gasteiger partial charge in [-0.1, -0.05) is 47.5 Å². The molecule has 0 amide bonds. The smallest absolute Gasteiger partial charge is 0.0248 e. The Balaban J connectivity index is 2.48. The summed E-state index contributed by atoms with van der Waals surface area (Å²) >= 11 is 3.63. The number of aryl methyl sites for hydroxylation is 1. The van der Waals surface area contributed by atoms with Crippen LogP contribution in [-0.2, 0) is 5.41 Å². The molecule has 0 spiro atoms. The highest BCUT2D eigenvalue weighted by molar-refractivity contribution is 9.10. The first-order chi connectivity index (χ1) is 6.87. The lowest BCUT2D eigenvalue weighted by atomic mass is 9.75. The monoisotopic (exact) mass is 267 g/mol. The fourth-order valence-corrected chi connectivity index (χ4v) is 2.89. The summed E-state index contributed by atoms with van der Waals surface area (Å²) in [4.78, 5) is 0. The normalized spacial score (nSPS) is 19.0. The summed E-state index contributed by atoms with van der Waals surface area (Å²) in [5.41, 5.74) is 9.04. The minimum atomic E-state index is 0.00329. The minimum Gasteiger partial charge on any atom is -0.324 e. The summed E-state index contributed by atoms with van der Waals surface area (Å²) in [6, 6.07) is 6.49. The van der Waals surface area contributed by atoms with E-state index in [2.05, 4.69) is 54.9 Å². The lowest BCUT2D eigenvalue weighted by Gasteiger charge is -2.33. The van der Waals surface area contributed by atoms with Crippen LogP contribution < -0.4 is 5.73 Å². The number of hydrogen-bond acceptors (Lipinski definition) is 1. The summed E-state index contributed by atoms with van der Waals surface area (Å²) in [7, 11) is 0. The Morgan fingerprint density at radius 2 is 1.93 bits per heavy atom. The van der Waals surface area contributed by atoms with Gasteiger partial charge in [-0.2, -0.15) is 0 Å². The predicted molar refractivity (Wildman–Crippen MR) is 68.1 cm³/mol. The van der Waals surface area contributed by atoms with Crippen molar-refractivity contribution >= 4 is 15.9 Å². The average Bonchev–Trinajstić information content (AvgIpc) is 2.89. The third-order valence-electron chi connectivity index (χ3n) is 3.83. The predicted octanol–water partition coefficient (Wildman–Crippen LogP) is 3.53. The van der Waals surface area contributed by atoms with Gasteiger partial charge in [0.05, 0.1) is 0 Å². The standard InChI is InChI=1S/C13H18BrN/c1-9-4-5-11(14)10(8-9)12(2,3)13(15)6-7-13/h4-5,8H,6-7,15H2,1-3H3. The molecule has 1 nitrogen and oxygen atoms in total. The van der Waals surface area contributed by atoms with E-state index in [1.54, 1.807) is 0 Å². The Morgan fingerprint density at radius 1 is 1.33 bits per heavy atom. The zero-order chi connectivity index (χ0) is 11.3. The molecule has 1 fully saturated rings. The highest BCUT2D eigenvalue weighted by atomic mass is 79.9. The second-order valence-electron chi connectivity index (χ2n) is 5.26. The second-order valence-corrected chi connectivity index (χ2v) is 6.12. The van der Waals surface area contributed by atoms with Crippen LogP contribution in [0.5, 0.6) is 0 Å². The van der Waals surface area contributed by atoms with E-state index in [1.807, 2.05) is 0 Å². The molecule has 0 heterocycles. The van der Waals surface area contributed by atoms with E-state index in [0.29, 0.717) is 0 Å². The molecule has 15 heavy (non-hydrogen) atoms. The van der Waals surface area contributed by atoms with Crippen LogP contribution in [0.1, 0.15) is 37.8 Å². The number of nitrogens with two attached hydrogens (primary N) is 1. The lowest BCUT2D eigenvalue weighted by molar-refractivity contribution is 0.389. The maximum Gasteiger partial charge on any atom is 0.0248 e. The quantitative estimate of drug-likeness (QED) is 0.872. The van der Waals surface area contributed by atoms with E-state index >= 15 is 0 Å². The van der Waals surface area contributed by atoms with Crippen LogP contribution >= 0.6 is 15.9 Å². The van der Waals surface area contributed by atoms with Crippen LogP contribution in [0.4, 0.5) is 0 Å². The van der Waals surface area contributed by atoms with Gasteiger partial charge in [-0.15, -0.1) is 0 Å². The number of benzene rings is 1. The van der Waals surface area contributed by atoms with Crippen molar-refractivity contribution in [2.75, 3.05) is 0 Å². The van der Waals surface area contributed by atoms with Gasteiger partial charge in [0.1, 0.15) is 0 Å². The Bertz CT molecular complexity index is 392. The van der Waals surface area contributed by atoms with Crippen molar-refractivity contribution in [2.45, 2.75) is 44.6 Å². The van der Waals surface area contributed by atoms with E-state index in [1.165, 1.54) is 15.6 Å². The molecule has 0 bridgehead atoms. The first kappa shape index (κ1) is 11.2. The Hall–Kier alpha value is -0.340. The van der Waals surface area contributed by atoms with Crippen LogP contribution in [-0.4, -0.2) is 5.54 Å². The fraction of sp³-hybridized carbons (Fsp3) is 0.538. The molecule has 0 unspecified atom stereocenters. The van der Waals surface area contributed by atoms with E-state index in [9.17, 15) is 0 Å². The highest BCUT2D eigenvalue weighted by Gasteiger charge is 2.52. The van der Waals surface area contributed by atoms with Crippen molar-refractivity contribution < 1.29 is 0 Å². The highest BCUT2D eigenvalue weighted by Crippen LogP contribution is 2.50. The van der Waals surface area contributed by atoms with Gasteiger partial charge < -0.3 is 5.73 Å². The van der Waals surface area contributed by atoms with Crippen molar-refractivity contribution in [3.8, 4) is 0 Å². The molecule has 2 heteroatoms. The van der Waals surface area contributed by atoms with Gasteiger partial charge >= 0.3 is 0 Å². The molecule has 0 atom stereocenters. The maximum atomic E-state index is 6.35. The summed E-state index contributed by atoms with van der Waals surface area (Å²) in [6.07, 6.45) is 2.28. The molecular weight excluding hydrogens is 250 g/mol. The van der Waals surface area contributed by atoms with Gasteiger partial charge in [0.15, 0.2) is 0 Å². The van der Waals surface area contributed by atoms with Crippen LogP contribution in [0.15, 0.2) is 22.7 Å². The van der Waals surface area contributed by atoms with Crippen molar-refractivity contribution in [1.82, 2.24) is 0 Å². The fourth-order valence-electron chi connectivity index (χ4n) is 2.15. The van der Waals surface area contributed by atoms with Crippen molar-refractivity contribution in [3.05, 3.63) is 33.8 Å². The van der Waals surface area contributed by atoms with Gasteiger partial charge in [0.2, 0.25) is 0 Å². The van der Waals surface area contributed by atoms with Crippen molar-refractivity contribution in [1.29, 1.82) is 0 Å². The Kier molecular flexibility index (Phi) is 2.47. The van der Waals surface area contributed by atoms with Crippen molar-refractivity contribution in [3.63, 3.8) is 0 Å². The van der Waals surface area contributed by atoms with Crippen LogP contribution in [0, 0.1) is 6.92 Å². The first-order valence-electron chi connectivity index (χ1n) is 5.42. The maximum absolute atomic E-state index is 6.35. The summed E-state index contributed by atoms with van der Waals surface area (Å²) in [5.74, 6) is 0. The Morgan fingerprint density at radius 3 is 2.47 bits per heavy atom. The number of hydrogen-bond donors (Lipinski definition) is 1. The molecule has 1 aliphatic carbocycles. The van der Waals surface area contributed by atoms with Gasteiger partial charge in [-0.3, -0.25) is 0 Å². The molecule has 0 aromatic heterocycles. The zero-order valence-electron chi connectivity index (χ0n) is 9.60. The molecule has 2 N–H and O–H groups in total. The molecule has 1 aliphatic rings. The van der Waals surface area contributed by atoms with Crippen LogP contribution in [0.25, 0.3) is 0 Å². The van der Waals surface area contributed by atoms with E-state index in [0.717, 1.165) is 12.8 Å². The Labute approximate surface area is 100 Å². The molecule has 1 saturated carbocycles. The van der Waals surface area contributed by atoms with E-state index < -0.39 is 0 Å². The number of halogens is 1. The average molecular weight is 268 g/mol. The molecule has 1 aromatic rings. The van der Waals surface area contributed by atoms with E-state index in [4.69, 9.17) is 5.73 Å². The molecule has 0 radical (unpaired) electrons. The third kappa shape index (κ3) is 1.74. The molecule has 2 rings (SSSR count). The molecule has 0 aliphatic heterocycles. The molecule has 1 aromatic carbocycles. The van der Waals surface area contributed by atoms with Gasteiger partial charge in [0, 0.05) is 15.4 Å². The summed E-state index contributed by atoms with van der Waals surface area (Å²) in [5, 5.41) is 0. The lowest BCUT2D eigenvalue weighted by Crippen LogP contribution is -2.43. The largest absolute Gasteiger partial charge is 0.324 e. The SMILES string of the molecule is Cc1ccc(Br)c(C(C)(C)C2(N)CC2)c1. The van der Waals surface area contributed by atoms with Gasteiger partial charge in [0.25, 0.3) is 0 Å². The molecular formula is C13H18BrN. The van der Waals surface area contributed by atoms with E-state index in [-0.39, 0.29) is 11.0 Å². The number of rotatable bonds is 2.